The van der Waals surface area contributed by atoms with Crippen LogP contribution in [0, 0.1) is 5.92 Å². The van der Waals surface area contributed by atoms with E-state index in [2.05, 4.69) is 51.3 Å². The highest BCUT2D eigenvalue weighted by Gasteiger charge is 2.31. The van der Waals surface area contributed by atoms with Crippen molar-refractivity contribution in [1.29, 1.82) is 0 Å². The number of fused-ring (bicyclic) bond motifs is 1. The van der Waals surface area contributed by atoms with Crippen LogP contribution in [0.4, 0.5) is 0 Å². The standard InChI is InChI=1S/C20H30N6O3.ClH/c1-15(2)19(20-21-22-23-26(20)10-11-27-3)25-8-6-24(7-9-25)13-16-4-5-17-18(12-16)29-14-28-17;/h4-5,12,15,19H,6-11,13-14H2,1-3H3;1H. The number of nitrogens with zero attached hydrogens (tertiary/aromatic N) is 6. The van der Waals surface area contributed by atoms with Crippen molar-refractivity contribution in [3.05, 3.63) is 29.6 Å². The van der Waals surface area contributed by atoms with E-state index in [0.717, 1.165) is 50.0 Å². The van der Waals surface area contributed by atoms with Crippen LogP contribution >= 0.6 is 12.4 Å². The predicted molar refractivity (Wildman–Crippen MR) is 114 cm³/mol. The van der Waals surface area contributed by atoms with Gasteiger partial charge in [0.25, 0.3) is 0 Å². The van der Waals surface area contributed by atoms with Crippen molar-refractivity contribution in [1.82, 2.24) is 30.0 Å². The van der Waals surface area contributed by atoms with E-state index >= 15 is 0 Å². The number of benzene rings is 1. The summed E-state index contributed by atoms with van der Waals surface area (Å²) in [7, 11) is 1.70. The van der Waals surface area contributed by atoms with Gasteiger partial charge in [0.05, 0.1) is 19.2 Å². The quantitative estimate of drug-likeness (QED) is 0.619. The maximum atomic E-state index is 5.50. The van der Waals surface area contributed by atoms with E-state index in [4.69, 9.17) is 14.2 Å². The highest BCUT2D eigenvalue weighted by atomic mass is 35.5. The van der Waals surface area contributed by atoms with Gasteiger partial charge in [-0.05, 0) is 34.0 Å². The Hall–Kier alpha value is -1.94. The molecule has 2 aliphatic heterocycles. The molecule has 1 fully saturated rings. The van der Waals surface area contributed by atoms with Crippen molar-refractivity contribution in [2.24, 2.45) is 5.92 Å². The Balaban J connectivity index is 0.00000256. The Morgan fingerprint density at radius 2 is 1.87 bits per heavy atom. The molecule has 0 spiro atoms. The molecule has 4 rings (SSSR count). The first-order valence-corrected chi connectivity index (χ1v) is 10.3. The number of methoxy groups -OCH3 is 1. The summed E-state index contributed by atoms with van der Waals surface area (Å²) in [5.41, 5.74) is 1.26. The molecule has 0 bridgehead atoms. The molecule has 30 heavy (non-hydrogen) atoms. The first-order chi connectivity index (χ1) is 14.2. The molecule has 1 aromatic heterocycles. The second-order valence-corrected chi connectivity index (χ2v) is 7.94. The number of hydrogen-bond donors (Lipinski definition) is 0. The molecule has 0 radical (unpaired) electrons. The molecule has 1 unspecified atom stereocenters. The molecule has 0 N–H and O–H groups in total. The molecule has 1 saturated heterocycles. The number of aromatic nitrogens is 4. The normalized spacial score (nSPS) is 17.9. The minimum Gasteiger partial charge on any atom is -0.454 e. The highest BCUT2D eigenvalue weighted by molar-refractivity contribution is 5.85. The number of rotatable bonds is 8. The number of tetrazole rings is 1. The van der Waals surface area contributed by atoms with Crippen molar-refractivity contribution in [2.75, 3.05) is 46.7 Å². The van der Waals surface area contributed by atoms with Crippen LogP contribution in [0.2, 0.25) is 0 Å². The summed E-state index contributed by atoms with van der Waals surface area (Å²) < 4.78 is 18.0. The molecule has 2 aliphatic rings. The summed E-state index contributed by atoms with van der Waals surface area (Å²) in [6, 6.07) is 6.42. The summed E-state index contributed by atoms with van der Waals surface area (Å²) >= 11 is 0. The van der Waals surface area contributed by atoms with E-state index in [1.807, 2.05) is 10.7 Å². The Bertz CT molecular complexity index is 810. The van der Waals surface area contributed by atoms with Crippen LogP contribution in [0.15, 0.2) is 18.2 Å². The Labute approximate surface area is 183 Å². The third kappa shape index (κ3) is 5.03. The van der Waals surface area contributed by atoms with Gasteiger partial charge in [0.15, 0.2) is 17.3 Å². The summed E-state index contributed by atoms with van der Waals surface area (Å²) in [5.74, 6) is 3.04. The first-order valence-electron chi connectivity index (χ1n) is 10.3. The van der Waals surface area contributed by atoms with E-state index < -0.39 is 0 Å². The monoisotopic (exact) mass is 438 g/mol. The maximum Gasteiger partial charge on any atom is 0.231 e. The van der Waals surface area contributed by atoms with Crippen molar-refractivity contribution >= 4 is 12.4 Å². The van der Waals surface area contributed by atoms with Gasteiger partial charge in [-0.15, -0.1) is 17.5 Å². The van der Waals surface area contributed by atoms with Gasteiger partial charge < -0.3 is 14.2 Å². The molecule has 0 aliphatic carbocycles. The average molecular weight is 439 g/mol. The molecule has 166 valence electrons. The SMILES string of the molecule is COCCn1nnnc1C(C(C)C)N1CCN(Cc2ccc3c(c2)OCO3)CC1.Cl. The molecule has 1 atom stereocenters. The number of piperazine rings is 1. The Morgan fingerprint density at radius 3 is 2.60 bits per heavy atom. The van der Waals surface area contributed by atoms with Crippen LogP contribution in [0.25, 0.3) is 0 Å². The van der Waals surface area contributed by atoms with Gasteiger partial charge in [0.2, 0.25) is 6.79 Å². The van der Waals surface area contributed by atoms with Crippen LogP contribution in [0.3, 0.4) is 0 Å². The van der Waals surface area contributed by atoms with Gasteiger partial charge in [-0.1, -0.05) is 19.9 Å². The topological polar surface area (TPSA) is 77.8 Å². The predicted octanol–water partition coefficient (Wildman–Crippen LogP) is 1.98. The largest absolute Gasteiger partial charge is 0.454 e. The maximum absolute atomic E-state index is 5.50. The molecule has 3 heterocycles. The summed E-state index contributed by atoms with van der Waals surface area (Å²) in [4.78, 5) is 5.00. The van der Waals surface area contributed by atoms with E-state index in [9.17, 15) is 0 Å². The number of halogens is 1. The zero-order chi connectivity index (χ0) is 20.2. The fraction of sp³-hybridized carbons (Fsp3) is 0.650. The van der Waals surface area contributed by atoms with E-state index in [1.54, 1.807) is 7.11 Å². The van der Waals surface area contributed by atoms with Crippen LogP contribution < -0.4 is 9.47 Å². The minimum absolute atomic E-state index is 0. The minimum atomic E-state index is 0. The third-order valence-corrected chi connectivity index (χ3v) is 5.61. The molecule has 10 heteroatoms. The second-order valence-electron chi connectivity index (χ2n) is 7.94. The van der Waals surface area contributed by atoms with Gasteiger partial charge in [0.1, 0.15) is 0 Å². The average Bonchev–Trinajstić information content (AvgIpc) is 3.37. The lowest BCUT2D eigenvalue weighted by molar-refractivity contribution is 0.0651. The van der Waals surface area contributed by atoms with Crippen LogP contribution in [-0.4, -0.2) is 76.7 Å². The van der Waals surface area contributed by atoms with Gasteiger partial charge >= 0.3 is 0 Å². The molecule has 0 amide bonds. The van der Waals surface area contributed by atoms with Crippen molar-refractivity contribution < 1.29 is 14.2 Å². The molecule has 9 nitrogen and oxygen atoms in total. The Kier molecular flexibility index (Phi) is 7.87. The lowest BCUT2D eigenvalue weighted by atomic mass is 10.0. The fourth-order valence-corrected chi connectivity index (χ4v) is 4.14. The van der Waals surface area contributed by atoms with Crippen molar-refractivity contribution in [3.63, 3.8) is 0 Å². The van der Waals surface area contributed by atoms with E-state index in [1.165, 1.54) is 5.56 Å². The first kappa shape index (κ1) is 22.7. The Morgan fingerprint density at radius 1 is 1.10 bits per heavy atom. The summed E-state index contributed by atoms with van der Waals surface area (Å²) in [6.45, 7) is 11.0. The zero-order valence-electron chi connectivity index (χ0n) is 17.9. The third-order valence-electron chi connectivity index (χ3n) is 5.61. The molecule has 0 saturated carbocycles. The zero-order valence-corrected chi connectivity index (χ0v) is 18.7. The van der Waals surface area contributed by atoms with Gasteiger partial charge in [-0.25, -0.2) is 4.68 Å². The molecule has 2 aromatic rings. The van der Waals surface area contributed by atoms with Gasteiger partial charge in [-0.2, -0.15) is 0 Å². The van der Waals surface area contributed by atoms with Crippen molar-refractivity contribution in [2.45, 2.75) is 33.0 Å². The van der Waals surface area contributed by atoms with Crippen molar-refractivity contribution in [3.8, 4) is 11.5 Å². The van der Waals surface area contributed by atoms with Gasteiger partial charge in [0, 0.05) is 39.8 Å². The highest BCUT2D eigenvalue weighted by Crippen LogP contribution is 2.33. The second kappa shape index (κ2) is 10.4. The number of ether oxygens (including phenoxy) is 3. The van der Waals surface area contributed by atoms with E-state index in [0.29, 0.717) is 25.9 Å². The lowest BCUT2D eigenvalue weighted by Crippen LogP contribution is -2.48. The molecular weight excluding hydrogens is 408 g/mol. The van der Waals surface area contributed by atoms with Crippen LogP contribution in [0.1, 0.15) is 31.3 Å². The fourth-order valence-electron chi connectivity index (χ4n) is 4.14. The number of hydrogen-bond acceptors (Lipinski definition) is 8. The molecule has 1 aromatic carbocycles. The smallest absolute Gasteiger partial charge is 0.231 e. The van der Waals surface area contributed by atoms with E-state index in [-0.39, 0.29) is 18.4 Å². The lowest BCUT2D eigenvalue weighted by Gasteiger charge is -2.40. The van der Waals surface area contributed by atoms with Crippen LogP contribution in [-0.2, 0) is 17.8 Å². The van der Waals surface area contributed by atoms with Gasteiger partial charge in [-0.3, -0.25) is 9.80 Å². The van der Waals surface area contributed by atoms with Crippen LogP contribution in [0.5, 0.6) is 11.5 Å². The summed E-state index contributed by atoms with van der Waals surface area (Å²) in [5, 5.41) is 12.4. The molecular formula is C20H31ClN6O3. The summed E-state index contributed by atoms with van der Waals surface area (Å²) in [6.07, 6.45) is 0.